The number of aromatic hydroxyl groups is 1. The lowest BCUT2D eigenvalue weighted by Crippen LogP contribution is -2.13. The molecule has 0 fully saturated rings. The lowest BCUT2D eigenvalue weighted by atomic mass is 10.1. The Balaban J connectivity index is 2.22. The Bertz CT molecular complexity index is 596. The molecule has 1 amide bonds. The number of anilines is 1. The van der Waals surface area contributed by atoms with Gasteiger partial charge in [-0.15, -0.1) is 0 Å². The summed E-state index contributed by atoms with van der Waals surface area (Å²) in [5.41, 5.74) is 2.20. The number of carbonyl (C=O) groups is 1. The van der Waals surface area contributed by atoms with Crippen LogP contribution in [0.1, 0.15) is 15.9 Å². The van der Waals surface area contributed by atoms with Gasteiger partial charge in [-0.05, 0) is 52.7 Å². The van der Waals surface area contributed by atoms with Crippen molar-refractivity contribution in [2.45, 2.75) is 6.92 Å². The van der Waals surface area contributed by atoms with E-state index in [2.05, 4.69) is 21.2 Å². The van der Waals surface area contributed by atoms with Crippen molar-refractivity contribution in [1.29, 1.82) is 0 Å². The number of nitrogens with one attached hydrogen (secondary N) is 1. The minimum Gasteiger partial charge on any atom is -0.507 e. The fourth-order valence-corrected chi connectivity index (χ4v) is 1.99. The van der Waals surface area contributed by atoms with Crippen molar-refractivity contribution in [2.75, 3.05) is 5.32 Å². The van der Waals surface area contributed by atoms with Gasteiger partial charge in [0.1, 0.15) is 5.75 Å². The molecule has 0 aromatic heterocycles. The summed E-state index contributed by atoms with van der Waals surface area (Å²) in [6.45, 7) is 1.89. The predicted molar refractivity (Wildman–Crippen MR) is 74.9 cm³/mol. The Hall–Kier alpha value is -1.81. The molecule has 92 valence electrons. The van der Waals surface area contributed by atoms with Crippen LogP contribution in [0.5, 0.6) is 5.75 Å². The van der Waals surface area contributed by atoms with Crippen molar-refractivity contribution in [3.63, 3.8) is 0 Å². The van der Waals surface area contributed by atoms with Gasteiger partial charge in [0.15, 0.2) is 0 Å². The van der Waals surface area contributed by atoms with E-state index >= 15 is 0 Å². The van der Waals surface area contributed by atoms with E-state index in [0.717, 1.165) is 5.56 Å². The minimum absolute atomic E-state index is 0.142. The van der Waals surface area contributed by atoms with Gasteiger partial charge in [0.05, 0.1) is 4.47 Å². The second-order valence-electron chi connectivity index (χ2n) is 3.94. The molecule has 0 saturated heterocycles. The van der Waals surface area contributed by atoms with Crippen LogP contribution >= 0.6 is 15.9 Å². The lowest BCUT2D eigenvalue weighted by molar-refractivity contribution is 0.102. The maximum atomic E-state index is 12.0. The fraction of sp³-hybridized carbons (Fsp3) is 0.0714. The van der Waals surface area contributed by atoms with Gasteiger partial charge in [0, 0.05) is 11.3 Å². The van der Waals surface area contributed by atoms with Gasteiger partial charge >= 0.3 is 0 Å². The van der Waals surface area contributed by atoms with Crippen molar-refractivity contribution in [3.8, 4) is 5.75 Å². The molecule has 2 rings (SSSR count). The van der Waals surface area contributed by atoms with Crippen LogP contribution in [0.2, 0.25) is 0 Å². The van der Waals surface area contributed by atoms with Crippen LogP contribution in [0.15, 0.2) is 46.9 Å². The molecule has 0 aliphatic carbocycles. The first-order valence-electron chi connectivity index (χ1n) is 5.43. The van der Waals surface area contributed by atoms with Crippen molar-refractivity contribution < 1.29 is 9.90 Å². The molecule has 0 heterocycles. The molecule has 0 saturated carbocycles. The summed E-state index contributed by atoms with van der Waals surface area (Å²) < 4.78 is 0.546. The monoisotopic (exact) mass is 305 g/mol. The Labute approximate surface area is 114 Å². The van der Waals surface area contributed by atoms with Crippen molar-refractivity contribution in [2.24, 2.45) is 0 Å². The van der Waals surface area contributed by atoms with Gasteiger partial charge in [-0.1, -0.05) is 18.2 Å². The topological polar surface area (TPSA) is 49.3 Å². The van der Waals surface area contributed by atoms with E-state index in [4.69, 9.17) is 0 Å². The average molecular weight is 306 g/mol. The number of carbonyl (C=O) groups excluding carboxylic acids is 1. The molecule has 4 heteroatoms. The highest BCUT2D eigenvalue weighted by Crippen LogP contribution is 2.26. The zero-order chi connectivity index (χ0) is 13.1. The quantitative estimate of drug-likeness (QED) is 0.831. The van der Waals surface area contributed by atoms with Crippen LogP contribution < -0.4 is 5.32 Å². The molecular formula is C14H12BrNO2. The van der Waals surface area contributed by atoms with Crippen molar-refractivity contribution >= 4 is 27.5 Å². The first kappa shape index (κ1) is 12.6. The van der Waals surface area contributed by atoms with Crippen LogP contribution in [0.4, 0.5) is 5.69 Å². The zero-order valence-electron chi connectivity index (χ0n) is 9.77. The SMILES string of the molecule is Cc1ccccc1C(=O)Nc1ccc(O)c(Br)c1. The second kappa shape index (κ2) is 5.23. The summed E-state index contributed by atoms with van der Waals surface area (Å²) in [5.74, 6) is -0.0189. The Morgan fingerprint density at radius 3 is 2.61 bits per heavy atom. The summed E-state index contributed by atoms with van der Waals surface area (Å²) in [5, 5.41) is 12.2. The third kappa shape index (κ3) is 2.71. The minimum atomic E-state index is -0.161. The van der Waals surface area contributed by atoms with E-state index in [0.29, 0.717) is 15.7 Å². The highest BCUT2D eigenvalue weighted by molar-refractivity contribution is 9.10. The van der Waals surface area contributed by atoms with Crippen LogP contribution in [-0.4, -0.2) is 11.0 Å². The molecule has 0 radical (unpaired) electrons. The standard InChI is InChI=1S/C14H12BrNO2/c1-9-4-2-3-5-11(9)14(18)16-10-6-7-13(17)12(15)8-10/h2-8,17H,1H3,(H,16,18). The molecule has 2 N–H and O–H groups in total. The molecule has 2 aromatic rings. The van der Waals surface area contributed by atoms with Crippen LogP contribution in [0.3, 0.4) is 0 Å². The van der Waals surface area contributed by atoms with E-state index in [-0.39, 0.29) is 11.7 Å². The van der Waals surface area contributed by atoms with Gasteiger partial charge in [0.2, 0.25) is 0 Å². The summed E-state index contributed by atoms with van der Waals surface area (Å²) in [6.07, 6.45) is 0. The van der Waals surface area contributed by atoms with E-state index in [1.807, 2.05) is 25.1 Å². The number of amides is 1. The molecule has 0 aliphatic heterocycles. The molecular weight excluding hydrogens is 294 g/mol. The number of hydrogen-bond acceptors (Lipinski definition) is 2. The van der Waals surface area contributed by atoms with Crippen molar-refractivity contribution in [3.05, 3.63) is 58.1 Å². The van der Waals surface area contributed by atoms with E-state index < -0.39 is 0 Å². The normalized spacial score (nSPS) is 10.1. The smallest absolute Gasteiger partial charge is 0.255 e. The number of phenols is 1. The molecule has 0 aliphatic rings. The number of phenolic OH excluding ortho intramolecular Hbond substituents is 1. The maximum absolute atomic E-state index is 12.0. The molecule has 0 bridgehead atoms. The molecule has 0 atom stereocenters. The van der Waals surface area contributed by atoms with Crippen LogP contribution in [0.25, 0.3) is 0 Å². The number of rotatable bonds is 2. The highest BCUT2D eigenvalue weighted by atomic mass is 79.9. The first-order chi connectivity index (χ1) is 8.58. The fourth-order valence-electron chi connectivity index (χ4n) is 1.61. The summed E-state index contributed by atoms with van der Waals surface area (Å²) >= 11 is 3.21. The largest absolute Gasteiger partial charge is 0.507 e. The Morgan fingerprint density at radius 2 is 1.94 bits per heavy atom. The second-order valence-corrected chi connectivity index (χ2v) is 4.79. The highest BCUT2D eigenvalue weighted by Gasteiger charge is 2.09. The van der Waals surface area contributed by atoms with Gasteiger partial charge in [0.25, 0.3) is 5.91 Å². The molecule has 0 unspecified atom stereocenters. The molecule has 2 aromatic carbocycles. The first-order valence-corrected chi connectivity index (χ1v) is 6.23. The average Bonchev–Trinajstić information content (AvgIpc) is 2.34. The number of hydrogen-bond donors (Lipinski definition) is 2. The summed E-state index contributed by atoms with van der Waals surface area (Å²) in [6, 6.07) is 12.2. The van der Waals surface area contributed by atoms with Gasteiger partial charge in [-0.2, -0.15) is 0 Å². The molecule has 18 heavy (non-hydrogen) atoms. The number of benzene rings is 2. The Kier molecular flexibility index (Phi) is 3.67. The molecule has 3 nitrogen and oxygen atoms in total. The third-order valence-corrected chi connectivity index (χ3v) is 3.23. The van der Waals surface area contributed by atoms with Crippen molar-refractivity contribution in [1.82, 2.24) is 0 Å². The van der Waals surface area contributed by atoms with E-state index in [1.54, 1.807) is 18.2 Å². The Morgan fingerprint density at radius 1 is 1.22 bits per heavy atom. The third-order valence-electron chi connectivity index (χ3n) is 2.60. The van der Waals surface area contributed by atoms with Crippen LogP contribution in [0, 0.1) is 6.92 Å². The summed E-state index contributed by atoms with van der Waals surface area (Å²) in [4.78, 5) is 12.0. The van der Waals surface area contributed by atoms with Crippen LogP contribution in [-0.2, 0) is 0 Å². The lowest BCUT2D eigenvalue weighted by Gasteiger charge is -2.08. The number of aryl methyl sites for hydroxylation is 1. The molecule has 0 spiro atoms. The van der Waals surface area contributed by atoms with Gasteiger partial charge in [-0.3, -0.25) is 4.79 Å². The van der Waals surface area contributed by atoms with E-state index in [9.17, 15) is 9.90 Å². The maximum Gasteiger partial charge on any atom is 0.255 e. The van der Waals surface area contributed by atoms with Gasteiger partial charge < -0.3 is 10.4 Å². The van der Waals surface area contributed by atoms with E-state index in [1.165, 1.54) is 6.07 Å². The zero-order valence-corrected chi connectivity index (χ0v) is 11.4. The number of halogens is 1. The van der Waals surface area contributed by atoms with Gasteiger partial charge in [-0.25, -0.2) is 0 Å². The predicted octanol–water partition coefficient (Wildman–Crippen LogP) is 3.72. The summed E-state index contributed by atoms with van der Waals surface area (Å²) in [7, 11) is 0.